The van der Waals surface area contributed by atoms with Crippen molar-refractivity contribution in [1.82, 2.24) is 9.21 Å². The number of rotatable bonds is 6. The van der Waals surface area contributed by atoms with E-state index in [4.69, 9.17) is 10.5 Å². The molecule has 2 heterocycles. The van der Waals surface area contributed by atoms with Gasteiger partial charge in [-0.05, 0) is 24.6 Å². The average molecular weight is 464 g/mol. The van der Waals surface area contributed by atoms with Gasteiger partial charge < -0.3 is 15.6 Å². The van der Waals surface area contributed by atoms with Gasteiger partial charge in [0.25, 0.3) is 0 Å². The second-order valence-electron chi connectivity index (χ2n) is 7.65. The van der Waals surface area contributed by atoms with E-state index in [1.807, 2.05) is 0 Å². The van der Waals surface area contributed by atoms with Crippen LogP contribution in [-0.2, 0) is 28.1 Å². The topological polar surface area (TPSA) is 142 Å². The van der Waals surface area contributed by atoms with Crippen LogP contribution in [0, 0.1) is 11.7 Å². The molecule has 2 amide bonds. The SMILES string of the molecule is NC(=O)C1CCN(S(=O)(=O)Nc2cccc(CN3Cc4ccc(O)cc4OC3=O)c2F)C1. The molecule has 1 fully saturated rings. The number of carbonyl (C=O) groups is 2. The molecule has 1 atom stereocenters. The molecule has 10 nitrogen and oxygen atoms in total. The van der Waals surface area contributed by atoms with E-state index in [1.165, 1.54) is 35.2 Å². The summed E-state index contributed by atoms with van der Waals surface area (Å²) in [6.45, 7) is -0.000467. The maximum Gasteiger partial charge on any atom is 0.415 e. The third kappa shape index (κ3) is 4.32. The average Bonchev–Trinajstić information content (AvgIpc) is 3.23. The van der Waals surface area contributed by atoms with Crippen LogP contribution in [-0.4, -0.2) is 47.8 Å². The molecule has 12 heteroatoms. The van der Waals surface area contributed by atoms with Gasteiger partial charge in [0, 0.05) is 30.3 Å². The van der Waals surface area contributed by atoms with E-state index in [9.17, 15) is 23.1 Å². The normalized spacial score (nSPS) is 18.8. The second-order valence-corrected chi connectivity index (χ2v) is 9.32. The lowest BCUT2D eigenvalue weighted by atomic mass is 10.1. The smallest absolute Gasteiger partial charge is 0.415 e. The van der Waals surface area contributed by atoms with Gasteiger partial charge in [0.1, 0.15) is 11.5 Å². The van der Waals surface area contributed by atoms with E-state index in [1.54, 1.807) is 6.07 Å². The molecule has 2 aliphatic heterocycles. The third-order valence-corrected chi connectivity index (χ3v) is 6.93. The molecule has 0 bridgehead atoms. The van der Waals surface area contributed by atoms with Crippen LogP contribution in [0.2, 0.25) is 0 Å². The highest BCUT2D eigenvalue weighted by atomic mass is 32.2. The van der Waals surface area contributed by atoms with Crippen LogP contribution >= 0.6 is 0 Å². The lowest BCUT2D eigenvalue weighted by molar-refractivity contribution is -0.121. The zero-order valence-electron chi connectivity index (χ0n) is 16.8. The molecule has 4 rings (SSSR count). The van der Waals surface area contributed by atoms with Crippen molar-refractivity contribution in [3.63, 3.8) is 0 Å². The zero-order chi connectivity index (χ0) is 23.0. The minimum atomic E-state index is -4.10. The summed E-state index contributed by atoms with van der Waals surface area (Å²) in [5.41, 5.74) is 5.69. The molecule has 2 aromatic carbocycles. The quantitative estimate of drug-likeness (QED) is 0.592. The van der Waals surface area contributed by atoms with Crippen LogP contribution in [0.4, 0.5) is 14.9 Å². The monoisotopic (exact) mass is 464 g/mol. The highest BCUT2D eigenvalue weighted by molar-refractivity contribution is 7.90. The maximum atomic E-state index is 15.1. The van der Waals surface area contributed by atoms with Crippen LogP contribution < -0.4 is 15.2 Å². The Morgan fingerprint density at radius 2 is 2.09 bits per heavy atom. The number of aromatic hydroxyl groups is 1. The number of amides is 2. The predicted molar refractivity (Wildman–Crippen MR) is 111 cm³/mol. The first-order valence-electron chi connectivity index (χ1n) is 9.77. The van der Waals surface area contributed by atoms with Crippen molar-refractivity contribution >= 4 is 27.9 Å². The summed E-state index contributed by atoms with van der Waals surface area (Å²) in [6.07, 6.45) is -0.419. The maximum absolute atomic E-state index is 15.1. The molecule has 1 saturated heterocycles. The lowest BCUT2D eigenvalue weighted by Crippen LogP contribution is -2.37. The molecule has 0 aromatic heterocycles. The van der Waals surface area contributed by atoms with Crippen LogP contribution in [0.25, 0.3) is 0 Å². The van der Waals surface area contributed by atoms with Gasteiger partial charge in [-0.25, -0.2) is 9.18 Å². The molecule has 4 N–H and O–H groups in total. The molecule has 2 aromatic rings. The Kier molecular flexibility index (Phi) is 5.65. The summed E-state index contributed by atoms with van der Waals surface area (Å²) in [4.78, 5) is 24.9. The number of primary amides is 1. The lowest BCUT2D eigenvalue weighted by Gasteiger charge is -2.28. The standard InChI is InChI=1S/C20H21FN4O6S/c21-18-13(10-24-9-12-4-5-15(26)8-17(12)31-20(24)28)2-1-3-16(18)23-32(29,30)25-7-6-14(11-25)19(22)27/h1-5,8,14,23,26H,6-7,9-11H2,(H2,22,27). The Balaban J connectivity index is 1.50. The van der Waals surface area contributed by atoms with Gasteiger partial charge in [0.15, 0.2) is 5.82 Å². The van der Waals surface area contributed by atoms with Crippen LogP contribution in [0.15, 0.2) is 36.4 Å². The largest absolute Gasteiger partial charge is 0.508 e. The number of nitrogens with zero attached hydrogens (tertiary/aromatic N) is 2. The number of hydrogen-bond donors (Lipinski definition) is 3. The van der Waals surface area contributed by atoms with Gasteiger partial charge in [0.05, 0.1) is 24.7 Å². The van der Waals surface area contributed by atoms with Crippen molar-refractivity contribution in [2.75, 3.05) is 17.8 Å². The van der Waals surface area contributed by atoms with E-state index >= 15 is 4.39 Å². The van der Waals surface area contributed by atoms with Gasteiger partial charge >= 0.3 is 16.3 Å². The third-order valence-electron chi connectivity index (χ3n) is 5.44. The molecular formula is C20H21FN4O6S. The number of phenols is 1. The van der Waals surface area contributed by atoms with Crippen molar-refractivity contribution in [2.24, 2.45) is 11.7 Å². The van der Waals surface area contributed by atoms with Crippen LogP contribution in [0.5, 0.6) is 11.5 Å². The minimum absolute atomic E-state index is 0.0452. The summed E-state index contributed by atoms with van der Waals surface area (Å²) in [5, 5.41) is 9.52. The van der Waals surface area contributed by atoms with E-state index in [0.717, 1.165) is 4.31 Å². The molecule has 0 spiro atoms. The van der Waals surface area contributed by atoms with Crippen LogP contribution in [0.1, 0.15) is 17.5 Å². The van der Waals surface area contributed by atoms with Crippen molar-refractivity contribution < 1.29 is 32.2 Å². The fraction of sp³-hybridized carbons (Fsp3) is 0.300. The van der Waals surface area contributed by atoms with E-state index in [-0.39, 0.29) is 48.9 Å². The number of carbonyl (C=O) groups excluding carboxylic acids is 2. The molecular weight excluding hydrogens is 443 g/mol. The fourth-order valence-corrected chi connectivity index (χ4v) is 4.97. The molecule has 1 unspecified atom stereocenters. The number of anilines is 1. The van der Waals surface area contributed by atoms with Crippen LogP contribution in [0.3, 0.4) is 0 Å². The van der Waals surface area contributed by atoms with Gasteiger partial charge in [-0.3, -0.25) is 14.4 Å². The number of fused-ring (bicyclic) bond motifs is 1. The Hall–Kier alpha value is -3.38. The zero-order valence-corrected chi connectivity index (χ0v) is 17.6. The minimum Gasteiger partial charge on any atom is -0.508 e. The number of phenolic OH excluding ortho intramolecular Hbond substituents is 1. The highest BCUT2D eigenvalue weighted by Gasteiger charge is 2.34. The number of halogens is 1. The Morgan fingerprint density at radius 1 is 1.31 bits per heavy atom. The number of ether oxygens (including phenoxy) is 1. The molecule has 0 radical (unpaired) electrons. The fourth-order valence-electron chi connectivity index (χ4n) is 3.69. The van der Waals surface area contributed by atoms with Gasteiger partial charge in [0.2, 0.25) is 5.91 Å². The summed E-state index contributed by atoms with van der Waals surface area (Å²) in [7, 11) is -4.10. The summed E-state index contributed by atoms with van der Waals surface area (Å²) >= 11 is 0. The predicted octanol–water partition coefficient (Wildman–Crippen LogP) is 1.51. The first-order chi connectivity index (χ1) is 15.1. The molecule has 0 saturated carbocycles. The van der Waals surface area contributed by atoms with Gasteiger partial charge in [-0.15, -0.1) is 0 Å². The number of hydrogen-bond acceptors (Lipinski definition) is 6. The van der Waals surface area contributed by atoms with E-state index < -0.39 is 33.9 Å². The highest BCUT2D eigenvalue weighted by Crippen LogP contribution is 2.31. The number of nitrogens with two attached hydrogens (primary N) is 1. The molecule has 2 aliphatic rings. The summed E-state index contributed by atoms with van der Waals surface area (Å²) < 4.78 is 48.8. The number of benzene rings is 2. The number of nitrogens with one attached hydrogen (secondary N) is 1. The Morgan fingerprint density at radius 3 is 2.81 bits per heavy atom. The van der Waals surface area contributed by atoms with E-state index in [2.05, 4.69) is 4.72 Å². The first-order valence-corrected chi connectivity index (χ1v) is 11.2. The molecule has 170 valence electrons. The van der Waals surface area contributed by atoms with E-state index in [0.29, 0.717) is 12.0 Å². The van der Waals surface area contributed by atoms with Crippen molar-refractivity contribution in [3.8, 4) is 11.5 Å². The molecule has 0 aliphatic carbocycles. The van der Waals surface area contributed by atoms with Crippen molar-refractivity contribution in [1.29, 1.82) is 0 Å². The first kappa shape index (κ1) is 21.8. The van der Waals surface area contributed by atoms with Gasteiger partial charge in [-0.2, -0.15) is 12.7 Å². The van der Waals surface area contributed by atoms with Crippen molar-refractivity contribution in [2.45, 2.75) is 19.5 Å². The van der Waals surface area contributed by atoms with Crippen molar-refractivity contribution in [3.05, 3.63) is 53.3 Å². The second kappa shape index (κ2) is 8.28. The molecule has 32 heavy (non-hydrogen) atoms. The summed E-state index contributed by atoms with van der Waals surface area (Å²) in [5.74, 6) is -1.81. The van der Waals surface area contributed by atoms with Gasteiger partial charge in [-0.1, -0.05) is 12.1 Å². The Labute approximate surface area is 183 Å². The summed E-state index contributed by atoms with van der Waals surface area (Å²) in [6, 6.07) is 8.54. The Bertz CT molecular complexity index is 1190.